The summed E-state index contributed by atoms with van der Waals surface area (Å²) in [7, 11) is -5.05. The minimum atomic E-state index is -5.05. The van der Waals surface area contributed by atoms with E-state index in [2.05, 4.69) is 19.2 Å². The maximum Gasteiger partial charge on any atom is 0.472 e. The third kappa shape index (κ3) is 16.6. The Kier molecular flexibility index (Phi) is 21.9. The molecule has 0 aromatic rings. The normalized spacial score (nSPS) is 26.8. The number of amides is 1. The van der Waals surface area contributed by atoms with Crippen molar-refractivity contribution in [2.24, 2.45) is 0 Å². The zero-order valence-corrected chi connectivity index (χ0v) is 27.6. The zero-order chi connectivity index (χ0) is 33.0. The van der Waals surface area contributed by atoms with Crippen LogP contribution >= 0.6 is 7.82 Å². The predicted molar refractivity (Wildman–Crippen MR) is 168 cm³/mol. The average molecular weight is 654 g/mol. The molecule has 0 saturated heterocycles. The predicted octanol–water partition coefficient (Wildman–Crippen LogP) is 3.38. The number of phosphoric ester groups is 1. The van der Waals surface area contributed by atoms with Crippen molar-refractivity contribution in [3.8, 4) is 0 Å². The highest BCUT2D eigenvalue weighted by Gasteiger charge is 2.51. The van der Waals surface area contributed by atoms with E-state index in [1.807, 2.05) is 0 Å². The Morgan fingerprint density at radius 2 is 1.20 bits per heavy atom. The van der Waals surface area contributed by atoms with E-state index in [9.17, 15) is 44.9 Å². The molecule has 1 saturated carbocycles. The summed E-state index contributed by atoms with van der Waals surface area (Å²) in [5.74, 6) is -0.352. The molecule has 0 aliphatic heterocycles. The van der Waals surface area contributed by atoms with E-state index in [1.165, 1.54) is 44.6 Å². The first-order valence-corrected chi connectivity index (χ1v) is 18.1. The maximum absolute atomic E-state index is 12.7. The number of unbranched alkanes of at least 4 members (excludes halogenated alkanes) is 14. The van der Waals surface area contributed by atoms with E-state index in [-0.39, 0.29) is 12.3 Å². The van der Waals surface area contributed by atoms with Crippen LogP contribution in [0.2, 0.25) is 0 Å². The van der Waals surface area contributed by atoms with Gasteiger partial charge in [0.25, 0.3) is 0 Å². The largest absolute Gasteiger partial charge is 0.472 e. The molecule has 0 aromatic carbocycles. The van der Waals surface area contributed by atoms with Crippen molar-refractivity contribution in [1.29, 1.82) is 0 Å². The van der Waals surface area contributed by atoms with Crippen LogP contribution in [0.5, 0.6) is 0 Å². The Labute approximate surface area is 263 Å². The molecule has 1 amide bonds. The fourth-order valence-corrected chi connectivity index (χ4v) is 6.16. The van der Waals surface area contributed by atoms with Gasteiger partial charge < -0.3 is 40.8 Å². The van der Waals surface area contributed by atoms with Gasteiger partial charge in [-0.15, -0.1) is 0 Å². The molecule has 0 heterocycles. The SMILES string of the molecule is CCCCCCCCCC/C=C/[C@@H](O)[C@H](COP(=O)(O)OC1C(O)C(O)C(O)[C@@H](O)C1O)NC(=O)CCCCCCCCC. The van der Waals surface area contributed by atoms with E-state index in [0.717, 1.165) is 57.8 Å². The Morgan fingerprint density at radius 3 is 1.73 bits per heavy atom. The summed E-state index contributed by atoms with van der Waals surface area (Å²) in [4.78, 5) is 22.9. The van der Waals surface area contributed by atoms with Gasteiger partial charge in [0.2, 0.25) is 5.91 Å². The first-order chi connectivity index (χ1) is 20.9. The highest BCUT2D eigenvalue weighted by atomic mass is 31.2. The monoisotopic (exact) mass is 653 g/mol. The van der Waals surface area contributed by atoms with Gasteiger partial charge in [-0.3, -0.25) is 13.8 Å². The molecule has 0 radical (unpaired) electrons. The van der Waals surface area contributed by atoms with Gasteiger partial charge in [-0.05, 0) is 19.3 Å². The molecule has 0 spiro atoms. The first-order valence-electron chi connectivity index (χ1n) is 16.6. The number of aliphatic hydroxyl groups excluding tert-OH is 6. The second-order valence-electron chi connectivity index (χ2n) is 12.0. The standard InChI is InChI=1S/C31H60NO11P/c1-3-5-7-9-11-12-13-15-16-18-20-24(33)23(32-25(34)21-19-17-14-10-8-6-4-2)22-42-44(40,41)43-31-29(38)27(36)26(35)28(37)30(31)39/h18,20,23-24,26-31,33,35-39H,3-17,19,21-22H2,1-2H3,(H,32,34)(H,40,41)/b20-18+/t23-,24+,26?,27+,28?,29?,30?,31?/m0/s1. The van der Waals surface area contributed by atoms with Crippen molar-refractivity contribution in [1.82, 2.24) is 5.32 Å². The third-order valence-electron chi connectivity index (χ3n) is 8.07. The van der Waals surface area contributed by atoms with Crippen molar-refractivity contribution in [2.45, 2.75) is 172 Å². The van der Waals surface area contributed by atoms with Gasteiger partial charge in [-0.1, -0.05) is 109 Å². The zero-order valence-electron chi connectivity index (χ0n) is 26.7. The molecule has 13 heteroatoms. The van der Waals surface area contributed by atoms with Gasteiger partial charge in [0.05, 0.1) is 18.8 Å². The lowest BCUT2D eigenvalue weighted by molar-refractivity contribution is -0.220. The minimum absolute atomic E-state index is 0.213. The molecule has 0 aromatic heterocycles. The summed E-state index contributed by atoms with van der Waals surface area (Å²) < 4.78 is 22.6. The van der Waals surface area contributed by atoms with Crippen molar-refractivity contribution in [3.05, 3.63) is 12.2 Å². The summed E-state index contributed by atoms with van der Waals surface area (Å²) in [6, 6.07) is -1.11. The lowest BCUT2D eigenvalue weighted by Gasteiger charge is -2.41. The number of carbonyl (C=O) groups is 1. The first kappa shape index (κ1) is 41.1. The van der Waals surface area contributed by atoms with Crippen LogP contribution in [0.15, 0.2) is 12.2 Å². The molecule has 1 aliphatic carbocycles. The number of rotatable bonds is 25. The van der Waals surface area contributed by atoms with E-state index in [1.54, 1.807) is 6.08 Å². The summed E-state index contributed by atoms with van der Waals surface area (Å²) in [5.41, 5.74) is 0. The van der Waals surface area contributed by atoms with Crippen LogP contribution in [0.3, 0.4) is 0 Å². The minimum Gasteiger partial charge on any atom is -0.387 e. The fourth-order valence-electron chi connectivity index (χ4n) is 5.19. The lowest BCUT2D eigenvalue weighted by atomic mass is 9.85. The van der Waals surface area contributed by atoms with Gasteiger partial charge in [0, 0.05) is 6.42 Å². The summed E-state index contributed by atoms with van der Waals surface area (Å²) >= 11 is 0. The molecule has 1 aliphatic rings. The van der Waals surface area contributed by atoms with Crippen molar-refractivity contribution >= 4 is 13.7 Å². The van der Waals surface area contributed by atoms with Crippen LogP contribution in [-0.4, -0.2) is 96.8 Å². The number of hydrogen-bond donors (Lipinski definition) is 8. The quantitative estimate of drug-likeness (QED) is 0.0407. The van der Waals surface area contributed by atoms with Crippen LogP contribution in [0.4, 0.5) is 0 Å². The van der Waals surface area contributed by atoms with Crippen LogP contribution < -0.4 is 5.32 Å². The molecule has 260 valence electrons. The molecule has 9 atom stereocenters. The van der Waals surface area contributed by atoms with Gasteiger partial charge in [-0.25, -0.2) is 4.57 Å². The molecular weight excluding hydrogens is 593 g/mol. The number of phosphoric acid groups is 1. The summed E-state index contributed by atoms with van der Waals surface area (Å²) in [5, 5.41) is 63.2. The molecule has 8 N–H and O–H groups in total. The second-order valence-corrected chi connectivity index (χ2v) is 13.4. The topological polar surface area (TPSA) is 206 Å². The molecule has 44 heavy (non-hydrogen) atoms. The van der Waals surface area contributed by atoms with E-state index >= 15 is 0 Å². The second kappa shape index (κ2) is 23.4. The Morgan fingerprint density at radius 1 is 0.750 bits per heavy atom. The third-order valence-corrected chi connectivity index (χ3v) is 9.05. The van der Waals surface area contributed by atoms with E-state index in [4.69, 9.17) is 9.05 Å². The van der Waals surface area contributed by atoms with Crippen LogP contribution in [0.1, 0.15) is 123 Å². The number of aliphatic hydroxyl groups is 6. The Hall–Kier alpha value is -0.920. The molecule has 1 fully saturated rings. The average Bonchev–Trinajstić information content (AvgIpc) is 2.99. The summed E-state index contributed by atoms with van der Waals surface area (Å²) in [6.07, 6.45) is 7.75. The van der Waals surface area contributed by atoms with Crippen molar-refractivity contribution in [2.75, 3.05) is 6.61 Å². The number of hydrogen-bond acceptors (Lipinski definition) is 10. The van der Waals surface area contributed by atoms with Crippen molar-refractivity contribution < 1.29 is 53.9 Å². The van der Waals surface area contributed by atoms with Crippen molar-refractivity contribution in [3.63, 3.8) is 0 Å². The summed E-state index contributed by atoms with van der Waals surface area (Å²) in [6.45, 7) is 3.69. The number of allylic oxidation sites excluding steroid dienone is 1. The van der Waals surface area contributed by atoms with E-state index in [0.29, 0.717) is 6.42 Å². The highest BCUT2D eigenvalue weighted by Crippen LogP contribution is 2.47. The van der Waals surface area contributed by atoms with Crippen LogP contribution in [0.25, 0.3) is 0 Å². The van der Waals surface area contributed by atoms with Crippen LogP contribution in [0, 0.1) is 0 Å². The lowest BCUT2D eigenvalue weighted by Crippen LogP contribution is -2.64. The molecule has 6 unspecified atom stereocenters. The number of carbonyl (C=O) groups excluding carboxylic acids is 1. The van der Waals surface area contributed by atoms with Gasteiger partial charge >= 0.3 is 7.82 Å². The van der Waals surface area contributed by atoms with Gasteiger partial charge in [0.15, 0.2) is 0 Å². The van der Waals surface area contributed by atoms with Crippen LogP contribution in [-0.2, 0) is 18.4 Å². The van der Waals surface area contributed by atoms with Gasteiger partial charge in [0.1, 0.15) is 36.6 Å². The van der Waals surface area contributed by atoms with Gasteiger partial charge in [-0.2, -0.15) is 0 Å². The van der Waals surface area contributed by atoms with E-state index < -0.39 is 63.2 Å². The molecular formula is C31H60NO11P. The maximum atomic E-state index is 12.7. The number of nitrogens with one attached hydrogen (secondary N) is 1. The smallest absolute Gasteiger partial charge is 0.387 e. The molecule has 0 bridgehead atoms. The molecule has 12 nitrogen and oxygen atoms in total. The fraction of sp³-hybridized carbons (Fsp3) is 0.903. The highest BCUT2D eigenvalue weighted by molar-refractivity contribution is 7.47. The molecule has 1 rings (SSSR count). The Balaban J connectivity index is 2.70. The Bertz CT molecular complexity index is 816.